The maximum Gasteiger partial charge on any atom is 0.224 e. The number of benzene rings is 1. The minimum Gasteiger partial charge on any atom is -0.502 e. The van der Waals surface area contributed by atoms with Crippen LogP contribution in [0, 0.1) is 6.92 Å². The van der Waals surface area contributed by atoms with E-state index in [0.717, 1.165) is 16.7 Å². The normalized spacial score (nSPS) is 10.1. The van der Waals surface area contributed by atoms with Crippen molar-refractivity contribution < 1.29 is 9.84 Å². The molecule has 2 rings (SSSR count). The quantitative estimate of drug-likeness (QED) is 0.880. The molecule has 0 atom stereocenters. The summed E-state index contributed by atoms with van der Waals surface area (Å²) < 4.78 is 5.01. The fraction of sp³-hybridized carbons (Fsp3) is 0.133. The van der Waals surface area contributed by atoms with Crippen LogP contribution in [0.4, 0.5) is 0 Å². The molecule has 2 aromatic rings. The van der Waals surface area contributed by atoms with E-state index in [2.05, 4.69) is 0 Å². The van der Waals surface area contributed by atoms with Crippen molar-refractivity contribution in [3.8, 4) is 22.6 Å². The van der Waals surface area contributed by atoms with Crippen LogP contribution in [0.2, 0.25) is 0 Å². The second kappa shape index (κ2) is 4.92. The summed E-state index contributed by atoms with van der Waals surface area (Å²) in [4.78, 5) is 11.8. The molecule has 0 radical (unpaired) electrons. The van der Waals surface area contributed by atoms with Gasteiger partial charge in [0.1, 0.15) is 0 Å². The van der Waals surface area contributed by atoms with Crippen LogP contribution < -0.4 is 10.2 Å². The summed E-state index contributed by atoms with van der Waals surface area (Å²) in [7, 11) is 1.43. The van der Waals surface area contributed by atoms with E-state index >= 15 is 0 Å². The van der Waals surface area contributed by atoms with Gasteiger partial charge in [-0.3, -0.25) is 4.79 Å². The van der Waals surface area contributed by atoms with Crippen LogP contribution in [0.3, 0.4) is 0 Å². The molecule has 3 nitrogen and oxygen atoms in total. The molecule has 0 spiro atoms. The van der Waals surface area contributed by atoms with E-state index in [1.807, 2.05) is 37.3 Å². The zero-order chi connectivity index (χ0) is 13.1. The van der Waals surface area contributed by atoms with Crippen LogP contribution in [0.5, 0.6) is 11.5 Å². The Morgan fingerprint density at radius 1 is 1.11 bits per heavy atom. The molecule has 0 aliphatic carbocycles. The van der Waals surface area contributed by atoms with Crippen LogP contribution in [0.25, 0.3) is 11.1 Å². The Morgan fingerprint density at radius 3 is 2.39 bits per heavy atom. The summed E-state index contributed by atoms with van der Waals surface area (Å²) in [6.07, 6.45) is 0. The number of aryl methyl sites for hydroxylation is 1. The first-order chi connectivity index (χ1) is 8.63. The number of hydrogen-bond donors (Lipinski definition) is 1. The van der Waals surface area contributed by atoms with Crippen molar-refractivity contribution in [3.05, 3.63) is 58.3 Å². The Hall–Kier alpha value is -2.29. The highest BCUT2D eigenvalue weighted by Gasteiger charge is 2.09. The van der Waals surface area contributed by atoms with Gasteiger partial charge in [-0.1, -0.05) is 30.3 Å². The first-order valence-corrected chi connectivity index (χ1v) is 5.61. The van der Waals surface area contributed by atoms with E-state index in [9.17, 15) is 9.90 Å². The van der Waals surface area contributed by atoms with Crippen LogP contribution in [0.1, 0.15) is 5.56 Å². The molecule has 0 saturated heterocycles. The number of hydrogen-bond acceptors (Lipinski definition) is 3. The Bertz CT molecular complexity index is 619. The fourth-order valence-corrected chi connectivity index (χ4v) is 1.86. The molecule has 0 unspecified atom stereocenters. The van der Waals surface area contributed by atoms with E-state index in [1.165, 1.54) is 13.2 Å². The standard InChI is InChI=1S/C15H14O3/c1-10-8-14(18-2)15(17)13(16)9-12(10)11-6-4-3-5-7-11/h3-9H,1-2H3,(H,16,17). The zero-order valence-corrected chi connectivity index (χ0v) is 10.3. The lowest BCUT2D eigenvalue weighted by molar-refractivity contribution is 0.372. The van der Waals surface area contributed by atoms with E-state index < -0.39 is 5.43 Å². The van der Waals surface area contributed by atoms with E-state index in [1.54, 1.807) is 6.07 Å². The summed E-state index contributed by atoms with van der Waals surface area (Å²) >= 11 is 0. The van der Waals surface area contributed by atoms with E-state index in [4.69, 9.17) is 4.74 Å². The molecule has 2 aromatic carbocycles. The van der Waals surface area contributed by atoms with Crippen molar-refractivity contribution in [2.75, 3.05) is 7.11 Å². The number of ether oxygens (including phenoxy) is 1. The van der Waals surface area contributed by atoms with Gasteiger partial charge in [0.2, 0.25) is 11.2 Å². The van der Waals surface area contributed by atoms with Crippen LogP contribution in [0.15, 0.2) is 47.3 Å². The lowest BCUT2D eigenvalue weighted by atomic mass is 10.0. The third-order valence-corrected chi connectivity index (χ3v) is 2.82. The van der Waals surface area contributed by atoms with Gasteiger partial charge in [-0.25, -0.2) is 0 Å². The van der Waals surface area contributed by atoms with Crippen molar-refractivity contribution in [2.24, 2.45) is 0 Å². The molecule has 0 aromatic heterocycles. The maximum absolute atomic E-state index is 11.8. The number of methoxy groups -OCH3 is 1. The SMILES string of the molecule is COc1cc(C)c(-c2ccccc2)cc(=O)c1O. The largest absolute Gasteiger partial charge is 0.502 e. The molecule has 0 amide bonds. The molecule has 0 aliphatic heterocycles. The molecule has 0 fully saturated rings. The highest BCUT2D eigenvalue weighted by atomic mass is 16.5. The average Bonchev–Trinajstić information content (AvgIpc) is 2.51. The van der Waals surface area contributed by atoms with Gasteiger partial charge < -0.3 is 9.84 Å². The predicted octanol–water partition coefficient (Wildman–Crippen LogP) is 2.74. The van der Waals surface area contributed by atoms with Crippen LogP contribution in [-0.4, -0.2) is 12.2 Å². The highest BCUT2D eigenvalue weighted by Crippen LogP contribution is 2.27. The molecule has 92 valence electrons. The van der Waals surface area contributed by atoms with Gasteiger partial charge in [0, 0.05) is 0 Å². The van der Waals surface area contributed by atoms with Gasteiger partial charge >= 0.3 is 0 Å². The first kappa shape index (κ1) is 12.2. The van der Waals surface area contributed by atoms with E-state index in [0.29, 0.717) is 0 Å². The van der Waals surface area contributed by atoms with Crippen molar-refractivity contribution in [3.63, 3.8) is 0 Å². The fourth-order valence-electron chi connectivity index (χ4n) is 1.86. The summed E-state index contributed by atoms with van der Waals surface area (Å²) in [6, 6.07) is 12.7. The molecule has 18 heavy (non-hydrogen) atoms. The Labute approximate surface area is 105 Å². The molecule has 1 N–H and O–H groups in total. The van der Waals surface area contributed by atoms with Crippen molar-refractivity contribution >= 4 is 0 Å². The summed E-state index contributed by atoms with van der Waals surface area (Å²) in [5.41, 5.74) is 2.15. The third kappa shape index (κ3) is 2.20. The van der Waals surface area contributed by atoms with Gasteiger partial charge in [-0.2, -0.15) is 0 Å². The topological polar surface area (TPSA) is 46.5 Å². The summed E-state index contributed by atoms with van der Waals surface area (Å²) in [5, 5.41) is 9.72. The average molecular weight is 242 g/mol. The van der Waals surface area contributed by atoms with E-state index in [-0.39, 0.29) is 11.5 Å². The maximum atomic E-state index is 11.8. The van der Waals surface area contributed by atoms with Crippen LogP contribution >= 0.6 is 0 Å². The highest BCUT2D eigenvalue weighted by molar-refractivity contribution is 5.68. The lowest BCUT2D eigenvalue weighted by Crippen LogP contribution is -1.96. The zero-order valence-electron chi connectivity index (χ0n) is 10.3. The smallest absolute Gasteiger partial charge is 0.224 e. The molecule has 0 saturated carbocycles. The Kier molecular flexibility index (Phi) is 3.33. The number of rotatable bonds is 2. The molecular formula is C15H14O3. The summed E-state index contributed by atoms with van der Waals surface area (Å²) in [6.45, 7) is 1.88. The molecule has 0 bridgehead atoms. The van der Waals surface area contributed by atoms with Crippen molar-refractivity contribution in [1.82, 2.24) is 0 Å². The number of aromatic hydroxyl groups is 1. The van der Waals surface area contributed by atoms with Gasteiger partial charge in [0.15, 0.2) is 5.75 Å². The predicted molar refractivity (Wildman–Crippen MR) is 71.1 cm³/mol. The molecule has 0 aliphatic rings. The van der Waals surface area contributed by atoms with Gasteiger partial charge in [0.25, 0.3) is 0 Å². The second-order valence-corrected chi connectivity index (χ2v) is 4.03. The Balaban J connectivity index is 2.76. The van der Waals surface area contributed by atoms with Crippen molar-refractivity contribution in [2.45, 2.75) is 6.92 Å². The lowest BCUT2D eigenvalue weighted by Gasteiger charge is -2.02. The first-order valence-electron chi connectivity index (χ1n) is 5.61. The third-order valence-electron chi connectivity index (χ3n) is 2.82. The monoisotopic (exact) mass is 242 g/mol. The van der Waals surface area contributed by atoms with Gasteiger partial charge in [-0.15, -0.1) is 0 Å². The van der Waals surface area contributed by atoms with Crippen molar-refractivity contribution in [1.29, 1.82) is 0 Å². The molecular weight excluding hydrogens is 228 g/mol. The molecule has 0 heterocycles. The van der Waals surface area contributed by atoms with Crippen LogP contribution in [-0.2, 0) is 0 Å². The molecule has 3 heteroatoms. The summed E-state index contributed by atoms with van der Waals surface area (Å²) in [5.74, 6) is -0.164. The van der Waals surface area contributed by atoms with Gasteiger partial charge in [0.05, 0.1) is 7.11 Å². The minimum absolute atomic E-state index is 0.194. The second-order valence-electron chi connectivity index (χ2n) is 4.03. The minimum atomic E-state index is -0.446. The Morgan fingerprint density at radius 2 is 1.78 bits per heavy atom. The van der Waals surface area contributed by atoms with Gasteiger partial charge in [-0.05, 0) is 35.7 Å².